The number of hydrogen-bond donors (Lipinski definition) is 3. The summed E-state index contributed by atoms with van der Waals surface area (Å²) in [6.45, 7) is -0.0282. The van der Waals surface area contributed by atoms with E-state index in [0.29, 0.717) is 18.7 Å². The third kappa shape index (κ3) is 2.88. The lowest BCUT2D eigenvalue weighted by Crippen LogP contribution is -2.27. The monoisotopic (exact) mass is 255 g/mol. The van der Waals surface area contributed by atoms with E-state index in [4.69, 9.17) is 5.11 Å². The van der Waals surface area contributed by atoms with Gasteiger partial charge in [-0.3, -0.25) is 4.79 Å². The minimum Gasteiger partial charge on any atom is -0.396 e. The van der Waals surface area contributed by atoms with Gasteiger partial charge in [0.25, 0.3) is 5.56 Å². The van der Waals surface area contributed by atoms with Crippen molar-refractivity contribution in [1.29, 1.82) is 0 Å². The first kappa shape index (κ1) is 14.7. The molecule has 3 N–H and O–H groups in total. The normalized spacial score (nSPS) is 26.7. The van der Waals surface area contributed by atoms with Gasteiger partial charge in [0.1, 0.15) is 0 Å². The Morgan fingerprint density at radius 2 is 2.28 bits per heavy atom. The number of aliphatic hydroxyl groups is 2. The van der Waals surface area contributed by atoms with Crippen molar-refractivity contribution in [2.45, 2.75) is 32.4 Å². The molecule has 102 valence electrons. The fourth-order valence-corrected chi connectivity index (χ4v) is 2.21. The molecule has 1 aliphatic rings. The molecule has 1 heterocycles. The fourth-order valence-electron chi connectivity index (χ4n) is 2.21. The van der Waals surface area contributed by atoms with Gasteiger partial charge in [-0.25, -0.2) is 4.98 Å². The second-order valence-corrected chi connectivity index (χ2v) is 4.51. The first-order chi connectivity index (χ1) is 8.11. The lowest BCUT2D eigenvalue weighted by atomic mass is 10.1. The van der Waals surface area contributed by atoms with Crippen LogP contribution >= 0.6 is 0 Å². The highest BCUT2D eigenvalue weighted by molar-refractivity contribution is 5.32. The summed E-state index contributed by atoms with van der Waals surface area (Å²) < 4.78 is 1.45. The number of nitrogens with zero attached hydrogens (tertiary/aromatic N) is 2. The van der Waals surface area contributed by atoms with E-state index in [1.807, 2.05) is 0 Å². The summed E-state index contributed by atoms with van der Waals surface area (Å²) in [6.07, 6.45) is 3.82. The lowest BCUT2D eigenvalue weighted by Gasteiger charge is -2.12. The van der Waals surface area contributed by atoms with Gasteiger partial charge in [-0.1, -0.05) is 7.43 Å². The molecule has 1 aromatic heterocycles. The zero-order valence-corrected chi connectivity index (χ0v) is 9.71. The Kier molecular flexibility index (Phi) is 4.86. The van der Waals surface area contributed by atoms with Crippen molar-refractivity contribution >= 4 is 5.82 Å². The Bertz CT molecular complexity index is 446. The highest BCUT2D eigenvalue weighted by atomic mass is 16.3. The molecule has 0 aromatic carbocycles. The predicted molar refractivity (Wildman–Crippen MR) is 69.4 cm³/mol. The molecule has 3 atom stereocenters. The van der Waals surface area contributed by atoms with Crippen LogP contribution in [0.4, 0.5) is 5.82 Å². The molecule has 0 bridgehead atoms. The summed E-state index contributed by atoms with van der Waals surface area (Å²) >= 11 is 0. The molecule has 1 saturated carbocycles. The van der Waals surface area contributed by atoms with E-state index in [2.05, 4.69) is 10.3 Å². The third-order valence-electron chi connectivity index (χ3n) is 3.25. The number of hydrogen-bond acceptors (Lipinski definition) is 5. The second kappa shape index (κ2) is 5.97. The number of aromatic nitrogens is 2. The molecule has 0 spiro atoms. The molecule has 2 rings (SSSR count). The van der Waals surface area contributed by atoms with Gasteiger partial charge in [-0.05, 0) is 12.8 Å². The van der Waals surface area contributed by atoms with Gasteiger partial charge < -0.3 is 20.1 Å². The van der Waals surface area contributed by atoms with E-state index in [-0.39, 0.29) is 31.6 Å². The Balaban J connectivity index is 0.00000162. The molecule has 6 nitrogen and oxygen atoms in total. The van der Waals surface area contributed by atoms with Gasteiger partial charge in [-0.15, -0.1) is 0 Å². The minimum absolute atomic E-state index is 0. The van der Waals surface area contributed by atoms with Gasteiger partial charge >= 0.3 is 0 Å². The number of rotatable bonds is 3. The number of aryl methyl sites for hydroxylation is 1. The van der Waals surface area contributed by atoms with Crippen LogP contribution in [0.5, 0.6) is 0 Å². The zero-order valence-electron chi connectivity index (χ0n) is 9.71. The summed E-state index contributed by atoms with van der Waals surface area (Å²) in [5.41, 5.74) is -0.186. The maximum atomic E-state index is 11.7. The number of nitrogens with one attached hydrogen (secondary N) is 1. The second-order valence-electron chi connectivity index (χ2n) is 4.51. The summed E-state index contributed by atoms with van der Waals surface area (Å²) in [6, 6.07) is -0.00949. The van der Waals surface area contributed by atoms with Crippen molar-refractivity contribution in [1.82, 2.24) is 9.55 Å². The third-order valence-corrected chi connectivity index (χ3v) is 3.25. The van der Waals surface area contributed by atoms with Crippen LogP contribution in [0.15, 0.2) is 17.2 Å². The van der Waals surface area contributed by atoms with Crippen LogP contribution in [-0.4, -0.2) is 38.5 Å². The zero-order chi connectivity index (χ0) is 12.4. The van der Waals surface area contributed by atoms with E-state index in [9.17, 15) is 9.90 Å². The molecule has 0 radical (unpaired) electrons. The molecule has 0 aliphatic heterocycles. The van der Waals surface area contributed by atoms with E-state index >= 15 is 0 Å². The van der Waals surface area contributed by atoms with Crippen molar-refractivity contribution in [2.75, 3.05) is 11.9 Å². The summed E-state index contributed by atoms with van der Waals surface area (Å²) in [5.74, 6) is 0.186. The van der Waals surface area contributed by atoms with Crippen molar-refractivity contribution < 1.29 is 10.2 Å². The van der Waals surface area contributed by atoms with Gasteiger partial charge in [0.2, 0.25) is 0 Å². The molecule has 18 heavy (non-hydrogen) atoms. The standard InChI is InChI=1S/C11H17N3O3.CH4/c1-14-3-2-12-10(11(14)17)13-8-4-7(6-15)9(16)5-8;/h2-3,7-9,15-16H,4-6H2,1H3,(H,12,13);1H4/t7-,8-,9+;/m1./s1. The van der Waals surface area contributed by atoms with E-state index in [1.165, 1.54) is 4.57 Å². The fraction of sp³-hybridized carbons (Fsp3) is 0.667. The average molecular weight is 255 g/mol. The highest BCUT2D eigenvalue weighted by Crippen LogP contribution is 2.27. The SMILES string of the molecule is C.Cn1ccnc(N[C@@H]2C[C@H](CO)[C@@H](O)C2)c1=O. The van der Waals surface area contributed by atoms with Gasteiger partial charge in [0.05, 0.1) is 6.10 Å². The first-order valence-corrected chi connectivity index (χ1v) is 5.69. The maximum Gasteiger partial charge on any atom is 0.293 e. The van der Waals surface area contributed by atoms with E-state index in [1.54, 1.807) is 19.4 Å². The molecule has 1 aromatic rings. The van der Waals surface area contributed by atoms with Crippen molar-refractivity contribution in [2.24, 2.45) is 13.0 Å². The van der Waals surface area contributed by atoms with Crippen LogP contribution in [0, 0.1) is 5.92 Å². The predicted octanol–water partition coefficient (Wildman–Crippen LogP) is -0.0399. The van der Waals surface area contributed by atoms with Gasteiger partial charge in [-0.2, -0.15) is 0 Å². The summed E-state index contributed by atoms with van der Waals surface area (Å²) in [5, 5.41) is 21.7. The summed E-state index contributed by atoms with van der Waals surface area (Å²) in [7, 11) is 1.66. The molecule has 0 amide bonds. The molecule has 6 heteroatoms. The van der Waals surface area contributed by atoms with Crippen LogP contribution in [0.1, 0.15) is 20.3 Å². The lowest BCUT2D eigenvalue weighted by molar-refractivity contribution is 0.0908. The quantitative estimate of drug-likeness (QED) is 0.705. The average Bonchev–Trinajstić information content (AvgIpc) is 2.65. The molecule has 0 unspecified atom stereocenters. The Morgan fingerprint density at radius 3 is 2.89 bits per heavy atom. The smallest absolute Gasteiger partial charge is 0.293 e. The number of aliphatic hydroxyl groups excluding tert-OH is 2. The van der Waals surface area contributed by atoms with Crippen molar-refractivity contribution in [3.63, 3.8) is 0 Å². The summed E-state index contributed by atoms with van der Waals surface area (Å²) in [4.78, 5) is 15.7. The highest BCUT2D eigenvalue weighted by Gasteiger charge is 2.32. The molecule has 1 fully saturated rings. The van der Waals surface area contributed by atoms with Crippen LogP contribution in [0.2, 0.25) is 0 Å². The van der Waals surface area contributed by atoms with Gasteiger partial charge in [0, 0.05) is 38.0 Å². The Hall–Kier alpha value is -1.40. The topological polar surface area (TPSA) is 87.4 Å². The largest absolute Gasteiger partial charge is 0.396 e. The van der Waals surface area contributed by atoms with Crippen LogP contribution < -0.4 is 10.9 Å². The molecular formula is C12H21N3O3. The minimum atomic E-state index is -0.509. The molecular weight excluding hydrogens is 234 g/mol. The van der Waals surface area contributed by atoms with E-state index in [0.717, 1.165) is 0 Å². The Morgan fingerprint density at radius 1 is 1.56 bits per heavy atom. The van der Waals surface area contributed by atoms with Crippen molar-refractivity contribution in [3.8, 4) is 0 Å². The Labute approximate surface area is 106 Å². The number of anilines is 1. The molecule has 1 aliphatic carbocycles. The molecule has 0 saturated heterocycles. The maximum absolute atomic E-state index is 11.7. The van der Waals surface area contributed by atoms with E-state index < -0.39 is 6.10 Å². The van der Waals surface area contributed by atoms with Gasteiger partial charge in [0.15, 0.2) is 5.82 Å². The van der Waals surface area contributed by atoms with Crippen molar-refractivity contribution in [3.05, 3.63) is 22.7 Å². The van der Waals surface area contributed by atoms with Crippen LogP contribution in [0.3, 0.4) is 0 Å². The van der Waals surface area contributed by atoms with Crippen LogP contribution in [-0.2, 0) is 7.05 Å². The first-order valence-electron chi connectivity index (χ1n) is 5.69. The van der Waals surface area contributed by atoms with Crippen LogP contribution in [0.25, 0.3) is 0 Å².